The third-order valence-corrected chi connectivity index (χ3v) is 3.75. The van der Waals surface area contributed by atoms with Crippen LogP contribution in [-0.4, -0.2) is 19.7 Å². The molecule has 3 nitrogen and oxygen atoms in total. The van der Waals surface area contributed by atoms with Crippen molar-refractivity contribution in [3.8, 4) is 5.75 Å². The summed E-state index contributed by atoms with van der Waals surface area (Å²) in [7, 11) is 0. The van der Waals surface area contributed by atoms with E-state index in [4.69, 9.17) is 4.74 Å². The molecule has 0 spiro atoms. The fraction of sp³-hybridized carbons (Fsp3) is 0.400. The van der Waals surface area contributed by atoms with Gasteiger partial charge in [0.15, 0.2) is 0 Å². The van der Waals surface area contributed by atoms with Crippen LogP contribution in [0.2, 0.25) is 0 Å². The van der Waals surface area contributed by atoms with Gasteiger partial charge in [-0.15, -0.1) is 0 Å². The third kappa shape index (κ3) is 6.90. The van der Waals surface area contributed by atoms with Gasteiger partial charge in [0.1, 0.15) is 11.6 Å². The average Bonchev–Trinajstić information content (AvgIpc) is 2.61. The predicted octanol–water partition coefficient (Wildman–Crippen LogP) is 5.31. The molecule has 2 aromatic rings. The molecular weight excluding hydrogens is 303 g/mol. The van der Waals surface area contributed by atoms with Gasteiger partial charge in [-0.3, -0.25) is 0 Å². The first-order valence-corrected chi connectivity index (χ1v) is 8.74. The summed E-state index contributed by atoms with van der Waals surface area (Å²) < 4.78 is 18.5. The predicted molar refractivity (Wildman–Crippen MR) is 99.5 cm³/mol. The molecule has 0 bridgehead atoms. The standard InChI is InChI=1S/C20H27FN2O/c1-2-3-4-5-16-24-20-12-10-19(11-13-20)23-15-14-22-18-8-6-17(21)7-9-18/h6-13,22-23H,2-5,14-16H2,1H3. The molecule has 0 fully saturated rings. The molecule has 2 rings (SSSR count). The van der Waals surface area contributed by atoms with Gasteiger partial charge in [0, 0.05) is 24.5 Å². The number of anilines is 2. The number of hydrogen-bond donors (Lipinski definition) is 2. The number of hydrogen-bond acceptors (Lipinski definition) is 3. The second kappa shape index (κ2) is 10.5. The Morgan fingerprint density at radius 2 is 1.38 bits per heavy atom. The lowest BCUT2D eigenvalue weighted by Gasteiger charge is -2.10. The molecule has 0 aromatic heterocycles. The van der Waals surface area contributed by atoms with Crippen molar-refractivity contribution in [1.29, 1.82) is 0 Å². The largest absolute Gasteiger partial charge is 0.494 e. The second-order valence-electron chi connectivity index (χ2n) is 5.79. The zero-order valence-corrected chi connectivity index (χ0v) is 14.4. The van der Waals surface area contributed by atoms with Gasteiger partial charge in [-0.25, -0.2) is 4.39 Å². The highest BCUT2D eigenvalue weighted by molar-refractivity contribution is 5.47. The number of unbranched alkanes of at least 4 members (excludes halogenated alkanes) is 3. The number of halogens is 1. The average molecular weight is 330 g/mol. The molecule has 0 saturated heterocycles. The first kappa shape index (κ1) is 18.1. The summed E-state index contributed by atoms with van der Waals surface area (Å²) in [6, 6.07) is 14.4. The molecule has 4 heteroatoms. The maximum Gasteiger partial charge on any atom is 0.123 e. The van der Waals surface area contributed by atoms with E-state index in [1.54, 1.807) is 12.1 Å². The zero-order chi connectivity index (χ0) is 17.0. The lowest BCUT2D eigenvalue weighted by atomic mass is 10.2. The Bertz CT molecular complexity index is 569. The molecule has 24 heavy (non-hydrogen) atoms. The van der Waals surface area contributed by atoms with Crippen LogP contribution in [0.15, 0.2) is 48.5 Å². The summed E-state index contributed by atoms with van der Waals surface area (Å²) in [5.41, 5.74) is 1.99. The van der Waals surface area contributed by atoms with Gasteiger partial charge < -0.3 is 15.4 Å². The highest BCUT2D eigenvalue weighted by atomic mass is 19.1. The van der Waals surface area contributed by atoms with Crippen LogP contribution in [0, 0.1) is 5.82 Å². The van der Waals surface area contributed by atoms with E-state index in [9.17, 15) is 4.39 Å². The van der Waals surface area contributed by atoms with Gasteiger partial charge in [0.2, 0.25) is 0 Å². The molecule has 0 aliphatic rings. The number of ether oxygens (including phenoxy) is 1. The molecule has 2 N–H and O–H groups in total. The van der Waals surface area contributed by atoms with Crippen LogP contribution < -0.4 is 15.4 Å². The lowest BCUT2D eigenvalue weighted by Crippen LogP contribution is -2.13. The monoisotopic (exact) mass is 330 g/mol. The van der Waals surface area contributed by atoms with E-state index in [1.165, 1.54) is 31.4 Å². The van der Waals surface area contributed by atoms with E-state index in [-0.39, 0.29) is 5.82 Å². The summed E-state index contributed by atoms with van der Waals surface area (Å²) in [4.78, 5) is 0. The van der Waals surface area contributed by atoms with E-state index >= 15 is 0 Å². The number of rotatable bonds is 11. The molecule has 2 aromatic carbocycles. The van der Waals surface area contributed by atoms with Crippen LogP contribution in [-0.2, 0) is 0 Å². The van der Waals surface area contributed by atoms with Gasteiger partial charge in [-0.2, -0.15) is 0 Å². The Kier molecular flexibility index (Phi) is 7.94. The van der Waals surface area contributed by atoms with E-state index < -0.39 is 0 Å². The summed E-state index contributed by atoms with van der Waals surface area (Å²) >= 11 is 0. The molecule has 130 valence electrons. The minimum absolute atomic E-state index is 0.216. The SMILES string of the molecule is CCCCCCOc1ccc(NCCNc2ccc(F)cc2)cc1. The quantitative estimate of drug-likeness (QED) is 0.548. The minimum atomic E-state index is -0.216. The van der Waals surface area contributed by atoms with Gasteiger partial charge >= 0.3 is 0 Å². The van der Waals surface area contributed by atoms with Crippen molar-refractivity contribution in [2.75, 3.05) is 30.3 Å². The highest BCUT2D eigenvalue weighted by Crippen LogP contribution is 2.16. The van der Waals surface area contributed by atoms with E-state index in [0.29, 0.717) is 0 Å². The van der Waals surface area contributed by atoms with Crippen molar-refractivity contribution < 1.29 is 9.13 Å². The first-order chi connectivity index (χ1) is 11.8. The molecular formula is C20H27FN2O. The Morgan fingerprint density at radius 1 is 0.792 bits per heavy atom. The maximum absolute atomic E-state index is 12.8. The molecule has 0 aliphatic carbocycles. The van der Waals surface area contributed by atoms with Crippen molar-refractivity contribution in [2.45, 2.75) is 32.6 Å². The molecule has 0 amide bonds. The second-order valence-corrected chi connectivity index (χ2v) is 5.79. The maximum atomic E-state index is 12.8. The molecule has 0 saturated carbocycles. The van der Waals surface area contributed by atoms with Crippen molar-refractivity contribution >= 4 is 11.4 Å². The van der Waals surface area contributed by atoms with Crippen LogP contribution in [0.1, 0.15) is 32.6 Å². The third-order valence-electron chi connectivity index (χ3n) is 3.75. The Labute approximate surface area is 144 Å². The van der Waals surface area contributed by atoms with E-state index in [0.717, 1.165) is 43.2 Å². The summed E-state index contributed by atoms with van der Waals surface area (Å²) in [6.45, 7) is 4.55. The fourth-order valence-electron chi connectivity index (χ4n) is 2.37. The normalized spacial score (nSPS) is 10.4. The number of benzene rings is 2. The van der Waals surface area contributed by atoms with Gasteiger partial charge in [-0.05, 0) is 55.0 Å². The fourth-order valence-corrected chi connectivity index (χ4v) is 2.37. The van der Waals surface area contributed by atoms with Crippen LogP contribution in [0.5, 0.6) is 5.75 Å². The molecule has 0 radical (unpaired) electrons. The van der Waals surface area contributed by atoms with Crippen molar-refractivity contribution in [3.05, 3.63) is 54.3 Å². The summed E-state index contributed by atoms with van der Waals surface area (Å²) in [6.07, 6.45) is 4.87. The van der Waals surface area contributed by atoms with Crippen LogP contribution in [0.4, 0.5) is 15.8 Å². The molecule has 0 atom stereocenters. The Hall–Kier alpha value is -2.23. The van der Waals surface area contributed by atoms with Crippen molar-refractivity contribution in [1.82, 2.24) is 0 Å². The van der Waals surface area contributed by atoms with Crippen LogP contribution >= 0.6 is 0 Å². The highest BCUT2D eigenvalue weighted by Gasteiger charge is 1.97. The van der Waals surface area contributed by atoms with E-state index in [2.05, 4.69) is 17.6 Å². The topological polar surface area (TPSA) is 33.3 Å². The van der Waals surface area contributed by atoms with E-state index in [1.807, 2.05) is 24.3 Å². The van der Waals surface area contributed by atoms with Gasteiger partial charge in [0.25, 0.3) is 0 Å². The van der Waals surface area contributed by atoms with Gasteiger partial charge in [-0.1, -0.05) is 26.2 Å². The number of nitrogens with one attached hydrogen (secondary N) is 2. The van der Waals surface area contributed by atoms with Crippen molar-refractivity contribution in [2.24, 2.45) is 0 Å². The summed E-state index contributed by atoms with van der Waals surface area (Å²) in [5, 5.41) is 6.59. The zero-order valence-electron chi connectivity index (χ0n) is 14.4. The first-order valence-electron chi connectivity index (χ1n) is 8.74. The van der Waals surface area contributed by atoms with Crippen LogP contribution in [0.3, 0.4) is 0 Å². The van der Waals surface area contributed by atoms with Gasteiger partial charge in [0.05, 0.1) is 6.61 Å². The minimum Gasteiger partial charge on any atom is -0.494 e. The molecule has 0 heterocycles. The van der Waals surface area contributed by atoms with Crippen LogP contribution in [0.25, 0.3) is 0 Å². The molecule has 0 aliphatic heterocycles. The molecule has 0 unspecified atom stereocenters. The lowest BCUT2D eigenvalue weighted by molar-refractivity contribution is 0.305. The Balaban J connectivity index is 1.62. The smallest absolute Gasteiger partial charge is 0.123 e. The Morgan fingerprint density at radius 3 is 1.96 bits per heavy atom. The summed E-state index contributed by atoms with van der Waals surface area (Å²) in [5.74, 6) is 0.702. The van der Waals surface area contributed by atoms with Crippen molar-refractivity contribution in [3.63, 3.8) is 0 Å².